The van der Waals surface area contributed by atoms with Gasteiger partial charge in [0.2, 0.25) is 11.8 Å². The molecule has 0 saturated heterocycles. The highest BCUT2D eigenvalue weighted by molar-refractivity contribution is 7.10. The van der Waals surface area contributed by atoms with Crippen molar-refractivity contribution >= 4 is 34.7 Å². The number of carbonyl (C=O) groups is 3. The van der Waals surface area contributed by atoms with Crippen LogP contribution in [0.3, 0.4) is 0 Å². The molecule has 0 aliphatic heterocycles. The van der Waals surface area contributed by atoms with E-state index in [2.05, 4.69) is 21.5 Å². The Morgan fingerprint density at radius 3 is 2.37 bits per heavy atom. The van der Waals surface area contributed by atoms with E-state index in [4.69, 9.17) is 4.74 Å². The number of carbonyl (C=O) groups excluding carboxylic acids is 3. The SMILES string of the molecule is COc1ccc(NCC(=O)NNC(=O)CC(NC(C)=O)c2cccs2)cc1. The van der Waals surface area contributed by atoms with E-state index >= 15 is 0 Å². The molecule has 9 heteroatoms. The van der Waals surface area contributed by atoms with E-state index in [1.165, 1.54) is 18.3 Å². The fraction of sp³-hybridized carbons (Fsp3) is 0.278. The van der Waals surface area contributed by atoms with E-state index in [9.17, 15) is 14.4 Å². The minimum atomic E-state index is -0.433. The lowest BCUT2D eigenvalue weighted by atomic mass is 10.1. The lowest BCUT2D eigenvalue weighted by molar-refractivity contribution is -0.128. The highest BCUT2D eigenvalue weighted by Crippen LogP contribution is 2.21. The molecule has 144 valence electrons. The molecule has 8 nitrogen and oxygen atoms in total. The first-order valence-corrected chi connectivity index (χ1v) is 9.12. The van der Waals surface area contributed by atoms with Crippen molar-refractivity contribution in [1.29, 1.82) is 0 Å². The van der Waals surface area contributed by atoms with Crippen LogP contribution in [0.25, 0.3) is 0 Å². The number of nitrogens with one attached hydrogen (secondary N) is 4. The molecule has 0 fully saturated rings. The number of benzene rings is 1. The average molecular weight is 390 g/mol. The summed E-state index contributed by atoms with van der Waals surface area (Å²) < 4.78 is 5.06. The van der Waals surface area contributed by atoms with Crippen LogP contribution in [-0.4, -0.2) is 31.4 Å². The Labute approximate surface area is 161 Å². The van der Waals surface area contributed by atoms with E-state index in [0.717, 1.165) is 16.3 Å². The third kappa shape index (κ3) is 6.98. The molecule has 0 bridgehead atoms. The second kappa shape index (κ2) is 10.2. The molecule has 1 unspecified atom stereocenters. The molecule has 27 heavy (non-hydrogen) atoms. The van der Waals surface area contributed by atoms with Crippen LogP contribution in [0.2, 0.25) is 0 Å². The largest absolute Gasteiger partial charge is 0.497 e. The molecule has 4 N–H and O–H groups in total. The predicted molar refractivity (Wildman–Crippen MR) is 103 cm³/mol. The molecule has 2 rings (SSSR count). The summed E-state index contributed by atoms with van der Waals surface area (Å²) in [4.78, 5) is 36.1. The Morgan fingerprint density at radius 2 is 1.78 bits per heavy atom. The number of methoxy groups -OCH3 is 1. The monoisotopic (exact) mass is 390 g/mol. The minimum Gasteiger partial charge on any atom is -0.497 e. The van der Waals surface area contributed by atoms with Gasteiger partial charge < -0.3 is 15.4 Å². The van der Waals surface area contributed by atoms with Gasteiger partial charge in [0.05, 0.1) is 26.1 Å². The van der Waals surface area contributed by atoms with Crippen LogP contribution in [0.15, 0.2) is 41.8 Å². The summed E-state index contributed by atoms with van der Waals surface area (Å²) in [5.74, 6) is -0.308. The summed E-state index contributed by atoms with van der Waals surface area (Å²) in [6, 6.07) is 10.4. The van der Waals surface area contributed by atoms with Gasteiger partial charge in [0, 0.05) is 17.5 Å². The van der Waals surface area contributed by atoms with Crippen molar-refractivity contribution in [2.75, 3.05) is 19.0 Å². The molecule has 1 heterocycles. The van der Waals surface area contributed by atoms with E-state index < -0.39 is 17.9 Å². The van der Waals surface area contributed by atoms with Gasteiger partial charge in [-0.1, -0.05) is 6.07 Å². The van der Waals surface area contributed by atoms with Crippen LogP contribution in [0, 0.1) is 0 Å². The fourth-order valence-corrected chi connectivity index (χ4v) is 3.05. The van der Waals surface area contributed by atoms with Crippen LogP contribution >= 0.6 is 11.3 Å². The topological polar surface area (TPSA) is 109 Å². The normalized spacial score (nSPS) is 11.2. The van der Waals surface area contributed by atoms with Crippen molar-refractivity contribution in [3.8, 4) is 5.75 Å². The van der Waals surface area contributed by atoms with Crippen molar-refractivity contribution in [1.82, 2.24) is 16.2 Å². The van der Waals surface area contributed by atoms with Crippen molar-refractivity contribution in [3.63, 3.8) is 0 Å². The van der Waals surface area contributed by atoms with Gasteiger partial charge in [0.25, 0.3) is 5.91 Å². The third-order valence-electron chi connectivity index (χ3n) is 3.54. The van der Waals surface area contributed by atoms with Crippen LogP contribution in [0.4, 0.5) is 5.69 Å². The van der Waals surface area contributed by atoms with Crippen molar-refractivity contribution in [2.45, 2.75) is 19.4 Å². The van der Waals surface area contributed by atoms with Gasteiger partial charge >= 0.3 is 0 Å². The van der Waals surface area contributed by atoms with Crippen LogP contribution < -0.4 is 26.2 Å². The van der Waals surface area contributed by atoms with Gasteiger partial charge in [0.15, 0.2) is 0 Å². The predicted octanol–water partition coefficient (Wildman–Crippen LogP) is 1.58. The maximum absolute atomic E-state index is 12.1. The summed E-state index contributed by atoms with van der Waals surface area (Å²) in [7, 11) is 1.58. The lowest BCUT2D eigenvalue weighted by Gasteiger charge is -2.16. The van der Waals surface area contributed by atoms with Crippen molar-refractivity contribution in [2.24, 2.45) is 0 Å². The molecular weight excluding hydrogens is 368 g/mol. The van der Waals surface area contributed by atoms with Gasteiger partial charge in [-0.25, -0.2) is 0 Å². The standard InChI is InChI=1S/C18H22N4O4S/c1-12(23)20-15(16-4-3-9-27-16)10-17(24)21-22-18(25)11-19-13-5-7-14(26-2)8-6-13/h3-9,15,19H,10-11H2,1-2H3,(H,20,23)(H,21,24)(H,22,25). The van der Waals surface area contributed by atoms with E-state index in [0.29, 0.717) is 0 Å². The molecule has 0 aliphatic carbocycles. The van der Waals surface area contributed by atoms with Gasteiger partial charge in [0.1, 0.15) is 5.75 Å². The molecule has 1 atom stereocenters. The zero-order chi connectivity index (χ0) is 19.6. The summed E-state index contributed by atoms with van der Waals surface area (Å²) in [6.45, 7) is 1.39. The van der Waals surface area contributed by atoms with Gasteiger partial charge in [-0.3, -0.25) is 25.2 Å². The number of amides is 3. The number of hydrogen-bond acceptors (Lipinski definition) is 6. The smallest absolute Gasteiger partial charge is 0.257 e. The highest BCUT2D eigenvalue weighted by atomic mass is 32.1. The number of thiophene rings is 1. The summed E-state index contributed by atoms with van der Waals surface area (Å²) in [5.41, 5.74) is 5.45. The molecule has 0 spiro atoms. The van der Waals surface area contributed by atoms with Crippen LogP contribution in [0.1, 0.15) is 24.3 Å². The maximum atomic E-state index is 12.1. The second-order valence-electron chi connectivity index (χ2n) is 5.65. The Hall–Kier alpha value is -3.07. The zero-order valence-corrected chi connectivity index (χ0v) is 15.9. The van der Waals surface area contributed by atoms with Gasteiger partial charge in [-0.2, -0.15) is 0 Å². The summed E-state index contributed by atoms with van der Waals surface area (Å²) >= 11 is 1.45. The lowest BCUT2D eigenvalue weighted by Crippen LogP contribution is -2.45. The average Bonchev–Trinajstić information content (AvgIpc) is 3.19. The first-order chi connectivity index (χ1) is 13.0. The molecule has 2 aromatic rings. The first kappa shape index (κ1) is 20.2. The van der Waals surface area contributed by atoms with Crippen molar-refractivity contribution in [3.05, 3.63) is 46.7 Å². The number of rotatable bonds is 8. The number of hydrazine groups is 1. The maximum Gasteiger partial charge on any atom is 0.257 e. The second-order valence-corrected chi connectivity index (χ2v) is 6.63. The zero-order valence-electron chi connectivity index (χ0n) is 15.1. The van der Waals surface area contributed by atoms with Crippen LogP contribution in [0.5, 0.6) is 5.75 Å². The molecule has 0 saturated carbocycles. The molecular formula is C18H22N4O4S. The molecule has 0 aliphatic rings. The van der Waals surface area contributed by atoms with Crippen LogP contribution in [-0.2, 0) is 14.4 Å². The number of anilines is 1. The van der Waals surface area contributed by atoms with Crippen molar-refractivity contribution < 1.29 is 19.1 Å². The van der Waals surface area contributed by atoms with E-state index in [1.54, 1.807) is 31.4 Å². The molecule has 1 aromatic carbocycles. The Kier molecular flexibility index (Phi) is 7.63. The summed E-state index contributed by atoms with van der Waals surface area (Å²) in [5, 5.41) is 7.54. The third-order valence-corrected chi connectivity index (χ3v) is 4.52. The number of ether oxygens (including phenoxy) is 1. The quantitative estimate of drug-likeness (QED) is 0.512. The van der Waals surface area contributed by atoms with Gasteiger partial charge in [-0.05, 0) is 35.7 Å². The number of hydrogen-bond donors (Lipinski definition) is 4. The fourth-order valence-electron chi connectivity index (χ4n) is 2.27. The Balaban J connectivity index is 1.76. The molecule has 0 radical (unpaired) electrons. The first-order valence-electron chi connectivity index (χ1n) is 8.24. The molecule has 1 aromatic heterocycles. The summed E-state index contributed by atoms with van der Waals surface area (Å²) in [6.07, 6.45) is 0.0201. The molecule has 3 amide bonds. The Bertz CT molecular complexity index is 762. The van der Waals surface area contributed by atoms with E-state index in [-0.39, 0.29) is 18.9 Å². The van der Waals surface area contributed by atoms with Gasteiger partial charge in [-0.15, -0.1) is 11.3 Å². The Morgan fingerprint density at radius 1 is 1.07 bits per heavy atom. The van der Waals surface area contributed by atoms with E-state index in [1.807, 2.05) is 17.5 Å². The minimum absolute atomic E-state index is 0.00728. The highest BCUT2D eigenvalue weighted by Gasteiger charge is 2.18.